The largest absolute Gasteiger partial charge is 0.464 e. The Labute approximate surface area is 124 Å². The van der Waals surface area contributed by atoms with Crippen LogP contribution in [-0.4, -0.2) is 18.1 Å². The third-order valence-electron chi connectivity index (χ3n) is 2.61. The Balaban J connectivity index is 2.06. The van der Waals surface area contributed by atoms with Gasteiger partial charge in [0.05, 0.1) is 13.2 Å². The van der Waals surface area contributed by atoms with Gasteiger partial charge in [0.1, 0.15) is 0 Å². The molecular formula is C13H13BrN2O2S. The SMILES string of the molecule is COC(=O)c1csc(NC(C)c2ccc(Br)cc2)n1. The number of thiazole rings is 1. The van der Waals surface area contributed by atoms with Gasteiger partial charge >= 0.3 is 5.97 Å². The van der Waals surface area contributed by atoms with Crippen LogP contribution in [0.1, 0.15) is 29.0 Å². The minimum absolute atomic E-state index is 0.116. The first-order valence-corrected chi connectivity index (χ1v) is 7.33. The maximum atomic E-state index is 11.3. The Morgan fingerprint density at radius 3 is 2.74 bits per heavy atom. The molecule has 1 unspecified atom stereocenters. The zero-order valence-corrected chi connectivity index (χ0v) is 12.9. The van der Waals surface area contributed by atoms with Gasteiger partial charge in [0.2, 0.25) is 0 Å². The van der Waals surface area contributed by atoms with Crippen LogP contribution in [0.5, 0.6) is 0 Å². The molecule has 0 spiro atoms. The van der Waals surface area contributed by atoms with Crippen LogP contribution in [-0.2, 0) is 4.74 Å². The van der Waals surface area contributed by atoms with Crippen LogP contribution in [0.3, 0.4) is 0 Å². The number of hydrogen-bond donors (Lipinski definition) is 1. The number of esters is 1. The van der Waals surface area contributed by atoms with Crippen LogP contribution in [0.25, 0.3) is 0 Å². The Hall–Kier alpha value is -1.40. The van der Waals surface area contributed by atoms with E-state index in [9.17, 15) is 4.79 Å². The second-order valence-corrected chi connectivity index (χ2v) is 5.72. The fourth-order valence-corrected chi connectivity index (χ4v) is 2.59. The lowest BCUT2D eigenvalue weighted by Crippen LogP contribution is -2.07. The number of hydrogen-bond acceptors (Lipinski definition) is 5. The van der Waals surface area contributed by atoms with Crippen molar-refractivity contribution in [2.24, 2.45) is 0 Å². The molecule has 0 aliphatic rings. The topological polar surface area (TPSA) is 51.2 Å². The first-order chi connectivity index (χ1) is 9.10. The molecule has 2 rings (SSSR count). The van der Waals surface area contributed by atoms with Gasteiger partial charge in [0.25, 0.3) is 0 Å². The summed E-state index contributed by atoms with van der Waals surface area (Å²) in [4.78, 5) is 15.5. The number of methoxy groups -OCH3 is 1. The van der Waals surface area contributed by atoms with E-state index >= 15 is 0 Å². The molecule has 19 heavy (non-hydrogen) atoms. The number of anilines is 1. The summed E-state index contributed by atoms with van der Waals surface area (Å²) in [6.07, 6.45) is 0. The summed E-state index contributed by atoms with van der Waals surface area (Å²) in [5.74, 6) is -0.416. The number of carbonyl (C=O) groups is 1. The van der Waals surface area contributed by atoms with Crippen molar-refractivity contribution in [3.8, 4) is 0 Å². The van der Waals surface area contributed by atoms with Crippen molar-refractivity contribution < 1.29 is 9.53 Å². The molecule has 100 valence electrons. The highest BCUT2D eigenvalue weighted by atomic mass is 79.9. The monoisotopic (exact) mass is 340 g/mol. The average molecular weight is 341 g/mol. The number of ether oxygens (including phenoxy) is 1. The molecule has 1 aromatic carbocycles. The second kappa shape index (κ2) is 6.16. The van der Waals surface area contributed by atoms with Gasteiger partial charge in [0, 0.05) is 9.85 Å². The summed E-state index contributed by atoms with van der Waals surface area (Å²) in [6, 6.07) is 8.18. The van der Waals surface area contributed by atoms with Crippen LogP contribution in [0.2, 0.25) is 0 Å². The smallest absolute Gasteiger partial charge is 0.357 e. The molecule has 0 amide bonds. The van der Waals surface area contributed by atoms with Gasteiger partial charge in [-0.3, -0.25) is 0 Å². The number of rotatable bonds is 4. The van der Waals surface area contributed by atoms with Gasteiger partial charge in [-0.25, -0.2) is 9.78 Å². The quantitative estimate of drug-likeness (QED) is 0.858. The summed E-state index contributed by atoms with van der Waals surface area (Å²) in [5.41, 5.74) is 1.48. The Morgan fingerprint density at radius 1 is 1.42 bits per heavy atom. The van der Waals surface area contributed by atoms with E-state index in [0.717, 1.165) is 10.0 Å². The highest BCUT2D eigenvalue weighted by molar-refractivity contribution is 9.10. The molecule has 4 nitrogen and oxygen atoms in total. The van der Waals surface area contributed by atoms with Crippen molar-refractivity contribution in [2.45, 2.75) is 13.0 Å². The van der Waals surface area contributed by atoms with E-state index in [1.54, 1.807) is 5.38 Å². The van der Waals surface area contributed by atoms with Gasteiger partial charge in [0.15, 0.2) is 10.8 Å². The Kier molecular flexibility index (Phi) is 4.55. The molecule has 0 saturated heterocycles. The average Bonchev–Trinajstić information content (AvgIpc) is 2.87. The van der Waals surface area contributed by atoms with E-state index in [0.29, 0.717) is 10.8 Å². The van der Waals surface area contributed by atoms with Crippen LogP contribution >= 0.6 is 27.3 Å². The van der Waals surface area contributed by atoms with Gasteiger partial charge in [-0.2, -0.15) is 0 Å². The number of benzene rings is 1. The molecule has 0 aliphatic heterocycles. The van der Waals surface area contributed by atoms with Gasteiger partial charge in [-0.1, -0.05) is 28.1 Å². The molecule has 2 aromatic rings. The van der Waals surface area contributed by atoms with E-state index in [1.165, 1.54) is 18.4 Å². The van der Waals surface area contributed by atoms with E-state index in [2.05, 4.69) is 31.0 Å². The minimum Gasteiger partial charge on any atom is -0.464 e. The molecule has 6 heteroatoms. The van der Waals surface area contributed by atoms with Crippen LogP contribution in [0.15, 0.2) is 34.1 Å². The number of nitrogens with zero attached hydrogens (tertiary/aromatic N) is 1. The highest BCUT2D eigenvalue weighted by Gasteiger charge is 2.12. The van der Waals surface area contributed by atoms with Crippen molar-refractivity contribution in [1.29, 1.82) is 0 Å². The van der Waals surface area contributed by atoms with Crippen molar-refractivity contribution >= 4 is 38.4 Å². The third-order valence-corrected chi connectivity index (χ3v) is 3.91. The van der Waals surface area contributed by atoms with Crippen LogP contribution < -0.4 is 5.32 Å². The molecule has 0 fully saturated rings. The predicted molar refractivity (Wildman–Crippen MR) is 79.6 cm³/mol. The molecule has 1 heterocycles. The molecule has 0 radical (unpaired) electrons. The molecule has 0 bridgehead atoms. The molecule has 1 N–H and O–H groups in total. The lowest BCUT2D eigenvalue weighted by Gasteiger charge is -2.13. The zero-order chi connectivity index (χ0) is 13.8. The van der Waals surface area contributed by atoms with E-state index in [-0.39, 0.29) is 6.04 Å². The number of carbonyl (C=O) groups excluding carboxylic acids is 1. The van der Waals surface area contributed by atoms with Crippen LogP contribution in [0, 0.1) is 0 Å². The molecule has 1 aromatic heterocycles. The number of nitrogens with one attached hydrogen (secondary N) is 1. The maximum absolute atomic E-state index is 11.3. The summed E-state index contributed by atoms with van der Waals surface area (Å²) in [7, 11) is 1.35. The fourth-order valence-electron chi connectivity index (χ4n) is 1.56. The Morgan fingerprint density at radius 2 is 2.11 bits per heavy atom. The number of aromatic nitrogens is 1. The third kappa shape index (κ3) is 3.54. The van der Waals surface area contributed by atoms with E-state index in [4.69, 9.17) is 0 Å². The highest BCUT2D eigenvalue weighted by Crippen LogP contribution is 2.23. The first kappa shape index (κ1) is 14.0. The van der Waals surface area contributed by atoms with Crippen molar-refractivity contribution in [2.75, 3.05) is 12.4 Å². The van der Waals surface area contributed by atoms with Gasteiger partial charge in [-0.15, -0.1) is 11.3 Å². The summed E-state index contributed by atoms with van der Waals surface area (Å²) in [6.45, 7) is 2.04. The normalized spacial score (nSPS) is 11.9. The molecular weight excluding hydrogens is 328 g/mol. The summed E-state index contributed by atoms with van der Waals surface area (Å²) < 4.78 is 5.67. The predicted octanol–water partition coefficient (Wildman–Crippen LogP) is 3.87. The Bertz CT molecular complexity index is 568. The minimum atomic E-state index is -0.416. The van der Waals surface area contributed by atoms with Crippen molar-refractivity contribution in [3.63, 3.8) is 0 Å². The molecule has 0 saturated carbocycles. The zero-order valence-electron chi connectivity index (χ0n) is 10.5. The number of halogens is 1. The fraction of sp³-hybridized carbons (Fsp3) is 0.231. The lowest BCUT2D eigenvalue weighted by molar-refractivity contribution is 0.0595. The van der Waals surface area contributed by atoms with Gasteiger partial charge < -0.3 is 10.1 Å². The van der Waals surface area contributed by atoms with Crippen molar-refractivity contribution in [1.82, 2.24) is 4.98 Å². The van der Waals surface area contributed by atoms with Gasteiger partial charge in [-0.05, 0) is 24.6 Å². The lowest BCUT2D eigenvalue weighted by atomic mass is 10.1. The summed E-state index contributed by atoms with van der Waals surface area (Å²) >= 11 is 4.79. The molecule has 0 aliphatic carbocycles. The van der Waals surface area contributed by atoms with E-state index < -0.39 is 5.97 Å². The maximum Gasteiger partial charge on any atom is 0.357 e. The second-order valence-electron chi connectivity index (χ2n) is 3.95. The standard InChI is InChI=1S/C13H13BrN2O2S/c1-8(9-3-5-10(14)6-4-9)15-13-16-11(7-19-13)12(17)18-2/h3-8H,1-2H3,(H,15,16). The van der Waals surface area contributed by atoms with Crippen LogP contribution in [0.4, 0.5) is 5.13 Å². The summed E-state index contributed by atoms with van der Waals surface area (Å²) in [5, 5.41) is 5.65. The van der Waals surface area contributed by atoms with E-state index in [1.807, 2.05) is 31.2 Å². The molecule has 1 atom stereocenters. The first-order valence-electron chi connectivity index (χ1n) is 5.66. The van der Waals surface area contributed by atoms with Crippen molar-refractivity contribution in [3.05, 3.63) is 45.4 Å².